The Bertz CT molecular complexity index is 751. The molecule has 0 spiro atoms. The van der Waals surface area contributed by atoms with Crippen molar-refractivity contribution in [2.24, 2.45) is 5.92 Å². The first kappa shape index (κ1) is 28.4. The molecule has 1 rings (SSSR count). The van der Waals surface area contributed by atoms with Crippen molar-refractivity contribution in [1.29, 1.82) is 5.26 Å². The van der Waals surface area contributed by atoms with Crippen LogP contribution in [0.25, 0.3) is 0 Å². The predicted molar refractivity (Wildman–Crippen MR) is 128 cm³/mol. The number of esters is 1. The number of carbonyl (C=O) groups excluding carboxylic acids is 3. The maximum Gasteiger partial charge on any atom is 0.324 e. The first-order valence-electron chi connectivity index (χ1n) is 12.3. The van der Waals surface area contributed by atoms with Crippen LogP contribution in [0.5, 0.6) is 5.75 Å². The Morgan fingerprint density at radius 3 is 1.97 bits per heavy atom. The lowest BCUT2D eigenvalue weighted by Gasteiger charge is -2.13. The van der Waals surface area contributed by atoms with Gasteiger partial charge in [0, 0.05) is 6.42 Å². The van der Waals surface area contributed by atoms with E-state index in [1.807, 2.05) is 6.07 Å². The van der Waals surface area contributed by atoms with Gasteiger partial charge in [-0.1, -0.05) is 64.7 Å². The van der Waals surface area contributed by atoms with Gasteiger partial charge in [-0.25, -0.2) is 0 Å². The molecule has 182 valence electrons. The Morgan fingerprint density at radius 2 is 1.42 bits per heavy atom. The Morgan fingerprint density at radius 1 is 0.848 bits per heavy atom. The molecule has 1 aromatic rings. The maximum atomic E-state index is 12.4. The number of unbranched alkanes of at least 4 members (excludes halogenated alkanes) is 9. The van der Waals surface area contributed by atoms with Crippen molar-refractivity contribution >= 4 is 17.5 Å². The van der Waals surface area contributed by atoms with Crippen LogP contribution in [0, 0.1) is 17.2 Å². The minimum absolute atomic E-state index is 0.0634. The number of ether oxygens (including phenoxy) is 2. The zero-order valence-electron chi connectivity index (χ0n) is 20.3. The minimum Gasteiger partial charge on any atom is -0.494 e. The van der Waals surface area contributed by atoms with Gasteiger partial charge in [-0.05, 0) is 44.0 Å². The number of hydrogen-bond donors (Lipinski definition) is 0. The highest BCUT2D eigenvalue weighted by atomic mass is 16.5. The molecular weight excluding hydrogens is 418 g/mol. The number of nitrogens with zero attached hydrogens (tertiary/aromatic N) is 1. The van der Waals surface area contributed by atoms with Gasteiger partial charge in [-0.15, -0.1) is 0 Å². The molecule has 1 unspecified atom stereocenters. The molecule has 0 saturated heterocycles. The van der Waals surface area contributed by atoms with Gasteiger partial charge in [-0.3, -0.25) is 14.4 Å². The van der Waals surface area contributed by atoms with Crippen LogP contribution in [0.1, 0.15) is 96.5 Å². The number of rotatable bonds is 19. The normalized spacial score (nSPS) is 11.4. The molecule has 0 aromatic heterocycles. The van der Waals surface area contributed by atoms with E-state index in [9.17, 15) is 14.4 Å². The molecule has 0 amide bonds. The largest absolute Gasteiger partial charge is 0.494 e. The van der Waals surface area contributed by atoms with E-state index in [4.69, 9.17) is 14.7 Å². The van der Waals surface area contributed by atoms with E-state index in [1.165, 1.54) is 51.9 Å². The lowest BCUT2D eigenvalue weighted by atomic mass is 9.97. The summed E-state index contributed by atoms with van der Waals surface area (Å²) >= 11 is 0. The van der Waals surface area contributed by atoms with Gasteiger partial charge in [0.05, 0.1) is 24.8 Å². The number of ketones is 2. The summed E-state index contributed by atoms with van der Waals surface area (Å²) in [5.74, 6) is -2.40. The van der Waals surface area contributed by atoms with Crippen LogP contribution in [0.4, 0.5) is 0 Å². The monoisotopic (exact) mass is 457 g/mol. The predicted octanol–water partition coefficient (Wildman–Crippen LogP) is 5.96. The van der Waals surface area contributed by atoms with Crippen molar-refractivity contribution in [3.63, 3.8) is 0 Å². The molecule has 0 aliphatic heterocycles. The number of Topliss-reactive ketones (excluding diaryl/α,β-unsaturated/α-hetero) is 2. The summed E-state index contributed by atoms with van der Waals surface area (Å²) in [4.78, 5) is 36.6. The highest BCUT2D eigenvalue weighted by molar-refractivity contribution is 6.16. The summed E-state index contributed by atoms with van der Waals surface area (Å²) < 4.78 is 10.8. The van der Waals surface area contributed by atoms with E-state index < -0.39 is 23.5 Å². The average Bonchev–Trinajstić information content (AvgIpc) is 2.80. The fourth-order valence-electron chi connectivity index (χ4n) is 3.58. The topological polar surface area (TPSA) is 93.5 Å². The number of benzene rings is 1. The van der Waals surface area contributed by atoms with Crippen LogP contribution < -0.4 is 4.74 Å². The summed E-state index contributed by atoms with van der Waals surface area (Å²) in [6, 6.07) is 8.70. The van der Waals surface area contributed by atoms with E-state index in [0.717, 1.165) is 19.3 Å². The highest BCUT2D eigenvalue weighted by Gasteiger charge is 2.31. The number of carbonyl (C=O) groups is 3. The Labute approximate surface area is 198 Å². The molecule has 1 atom stereocenters. The third-order valence-corrected chi connectivity index (χ3v) is 5.53. The molecule has 6 heteroatoms. The second-order valence-corrected chi connectivity index (χ2v) is 8.45. The second-order valence-electron chi connectivity index (χ2n) is 8.45. The standard InChI is InChI=1S/C27H39NO5/c1-3-4-5-6-7-8-9-10-11-12-19-33-27(31)26(22(2)29)25(30)14-13-20-32-24-17-15-23(21-28)16-18-24/h15-18,26H,3-14,19-20H2,1-2H3. The van der Waals surface area contributed by atoms with E-state index in [2.05, 4.69) is 6.92 Å². The lowest BCUT2D eigenvalue weighted by molar-refractivity contribution is -0.155. The zero-order valence-corrected chi connectivity index (χ0v) is 20.3. The fraction of sp³-hybridized carbons (Fsp3) is 0.630. The minimum atomic E-state index is -1.34. The van der Waals surface area contributed by atoms with Crippen LogP contribution in [0.3, 0.4) is 0 Å². The highest BCUT2D eigenvalue weighted by Crippen LogP contribution is 2.14. The van der Waals surface area contributed by atoms with Crippen molar-refractivity contribution in [2.75, 3.05) is 13.2 Å². The van der Waals surface area contributed by atoms with Crippen molar-refractivity contribution in [3.8, 4) is 11.8 Å². The average molecular weight is 458 g/mol. The number of hydrogen-bond acceptors (Lipinski definition) is 6. The van der Waals surface area contributed by atoms with E-state index >= 15 is 0 Å². The molecule has 0 fully saturated rings. The first-order chi connectivity index (χ1) is 16.0. The van der Waals surface area contributed by atoms with Crippen LogP contribution >= 0.6 is 0 Å². The molecule has 0 N–H and O–H groups in total. The van der Waals surface area contributed by atoms with Crippen molar-refractivity contribution < 1.29 is 23.9 Å². The maximum absolute atomic E-state index is 12.4. The first-order valence-corrected chi connectivity index (χ1v) is 12.3. The van der Waals surface area contributed by atoms with Gasteiger partial charge in [-0.2, -0.15) is 5.26 Å². The number of nitriles is 1. The second kappa shape index (κ2) is 17.8. The van der Waals surface area contributed by atoms with Crippen molar-refractivity contribution in [2.45, 2.75) is 90.9 Å². The summed E-state index contributed by atoms with van der Waals surface area (Å²) in [7, 11) is 0. The van der Waals surface area contributed by atoms with Gasteiger partial charge in [0.1, 0.15) is 5.75 Å². The Balaban J connectivity index is 2.19. The third-order valence-electron chi connectivity index (χ3n) is 5.53. The van der Waals surface area contributed by atoms with Gasteiger partial charge >= 0.3 is 5.97 Å². The molecule has 0 radical (unpaired) electrons. The lowest BCUT2D eigenvalue weighted by Crippen LogP contribution is -2.32. The fourth-order valence-corrected chi connectivity index (χ4v) is 3.58. The Hall–Kier alpha value is -2.68. The van der Waals surface area contributed by atoms with E-state index in [0.29, 0.717) is 17.7 Å². The summed E-state index contributed by atoms with van der Waals surface area (Å²) in [6.45, 7) is 3.99. The zero-order chi connectivity index (χ0) is 24.3. The SMILES string of the molecule is CCCCCCCCCCCCOC(=O)C(C(C)=O)C(=O)CCCOc1ccc(C#N)cc1. The van der Waals surface area contributed by atoms with Crippen LogP contribution in [-0.2, 0) is 19.1 Å². The Kier molecular flexibility index (Phi) is 15.3. The smallest absolute Gasteiger partial charge is 0.324 e. The van der Waals surface area contributed by atoms with Crippen molar-refractivity contribution in [3.05, 3.63) is 29.8 Å². The van der Waals surface area contributed by atoms with E-state index in [-0.39, 0.29) is 19.6 Å². The molecule has 0 aliphatic rings. The van der Waals surface area contributed by atoms with Crippen molar-refractivity contribution in [1.82, 2.24) is 0 Å². The third kappa shape index (κ3) is 12.8. The van der Waals surface area contributed by atoms with E-state index in [1.54, 1.807) is 24.3 Å². The molecule has 33 heavy (non-hydrogen) atoms. The summed E-state index contributed by atoms with van der Waals surface area (Å²) in [5.41, 5.74) is 0.540. The van der Waals surface area contributed by atoms with Gasteiger partial charge in [0.15, 0.2) is 17.5 Å². The van der Waals surface area contributed by atoms with Gasteiger partial charge in [0.25, 0.3) is 0 Å². The quantitative estimate of drug-likeness (QED) is 0.145. The van der Waals surface area contributed by atoms with Crippen LogP contribution in [0.15, 0.2) is 24.3 Å². The molecule has 0 heterocycles. The van der Waals surface area contributed by atoms with Gasteiger partial charge < -0.3 is 9.47 Å². The van der Waals surface area contributed by atoms with Crippen LogP contribution in [0.2, 0.25) is 0 Å². The molecule has 0 aliphatic carbocycles. The summed E-state index contributed by atoms with van der Waals surface area (Å²) in [6.07, 6.45) is 12.2. The molecule has 6 nitrogen and oxygen atoms in total. The molecule has 0 bridgehead atoms. The molecule has 1 aromatic carbocycles. The van der Waals surface area contributed by atoms with Crippen LogP contribution in [-0.4, -0.2) is 30.7 Å². The molecule has 0 saturated carbocycles. The molecular formula is C27H39NO5. The summed E-state index contributed by atoms with van der Waals surface area (Å²) in [5, 5.41) is 8.79. The van der Waals surface area contributed by atoms with Gasteiger partial charge in [0.2, 0.25) is 0 Å².